The van der Waals surface area contributed by atoms with Gasteiger partial charge in [0.2, 0.25) is 0 Å². The Bertz CT molecular complexity index is 379. The molecule has 0 amide bonds. The van der Waals surface area contributed by atoms with Gasteiger partial charge >= 0.3 is 5.97 Å². The second kappa shape index (κ2) is 4.30. The maximum atomic E-state index is 10.7. The van der Waals surface area contributed by atoms with Crippen LogP contribution in [0.15, 0.2) is 42.0 Å². The molecule has 1 aromatic rings. The second-order valence-corrected chi connectivity index (χ2v) is 3.99. The average Bonchev–Trinajstić information content (AvgIpc) is 2.68. The highest BCUT2D eigenvalue weighted by Crippen LogP contribution is 2.27. The van der Waals surface area contributed by atoms with Gasteiger partial charge in [0.15, 0.2) is 0 Å². The summed E-state index contributed by atoms with van der Waals surface area (Å²) in [7, 11) is 0. The number of hydrogen-bond donors (Lipinski definition) is 1. The predicted molar refractivity (Wildman–Crippen MR) is 58.6 cm³/mol. The van der Waals surface area contributed by atoms with Gasteiger partial charge in [0.05, 0.1) is 0 Å². The van der Waals surface area contributed by atoms with E-state index in [1.165, 1.54) is 5.56 Å². The first kappa shape index (κ1) is 9.97. The van der Waals surface area contributed by atoms with Crippen molar-refractivity contribution in [2.24, 2.45) is 5.92 Å². The van der Waals surface area contributed by atoms with Crippen LogP contribution in [0.2, 0.25) is 0 Å². The molecule has 1 unspecified atom stereocenters. The fourth-order valence-corrected chi connectivity index (χ4v) is 2.05. The van der Waals surface area contributed by atoms with E-state index < -0.39 is 5.97 Å². The molecule has 78 valence electrons. The van der Waals surface area contributed by atoms with Crippen LogP contribution in [0.3, 0.4) is 0 Å². The first-order valence-corrected chi connectivity index (χ1v) is 5.23. The summed E-state index contributed by atoms with van der Waals surface area (Å²) in [6.45, 7) is 0. The molecule has 1 aromatic carbocycles. The molecule has 15 heavy (non-hydrogen) atoms. The zero-order valence-electron chi connectivity index (χ0n) is 8.52. The van der Waals surface area contributed by atoms with E-state index in [4.69, 9.17) is 5.11 Å². The van der Waals surface area contributed by atoms with Crippen LogP contribution < -0.4 is 0 Å². The zero-order chi connectivity index (χ0) is 10.7. The minimum Gasteiger partial charge on any atom is -0.478 e. The number of allylic oxidation sites excluding steroid dienone is 1. The summed E-state index contributed by atoms with van der Waals surface area (Å²) in [5.41, 5.74) is 1.86. The van der Waals surface area contributed by atoms with Crippen LogP contribution in [-0.2, 0) is 11.2 Å². The highest BCUT2D eigenvalue weighted by atomic mass is 16.4. The lowest BCUT2D eigenvalue weighted by Crippen LogP contribution is -1.97. The number of rotatable bonds is 3. The average molecular weight is 202 g/mol. The molecule has 2 heteroatoms. The Morgan fingerprint density at radius 3 is 2.67 bits per heavy atom. The molecule has 0 radical (unpaired) electrons. The molecule has 0 spiro atoms. The number of carboxylic acids is 1. The van der Waals surface area contributed by atoms with Crippen LogP contribution in [0.1, 0.15) is 18.4 Å². The zero-order valence-corrected chi connectivity index (χ0v) is 8.52. The van der Waals surface area contributed by atoms with Gasteiger partial charge in [-0.2, -0.15) is 0 Å². The maximum absolute atomic E-state index is 10.7. The van der Waals surface area contributed by atoms with Crippen molar-refractivity contribution < 1.29 is 9.90 Å². The van der Waals surface area contributed by atoms with Gasteiger partial charge in [-0.3, -0.25) is 0 Å². The fourth-order valence-electron chi connectivity index (χ4n) is 2.05. The van der Waals surface area contributed by atoms with E-state index in [1.807, 2.05) is 24.3 Å². The van der Waals surface area contributed by atoms with E-state index in [0.717, 1.165) is 12.8 Å². The molecule has 0 fully saturated rings. The predicted octanol–water partition coefficient (Wildman–Crippen LogP) is 2.65. The Labute approximate surface area is 89.2 Å². The molecule has 0 heterocycles. The molecule has 0 aromatic heterocycles. The van der Waals surface area contributed by atoms with Crippen molar-refractivity contribution in [2.75, 3.05) is 0 Å². The van der Waals surface area contributed by atoms with E-state index in [0.29, 0.717) is 17.9 Å². The number of benzene rings is 1. The summed E-state index contributed by atoms with van der Waals surface area (Å²) < 4.78 is 0. The molecular formula is C13H14O2. The molecule has 0 saturated heterocycles. The summed E-state index contributed by atoms with van der Waals surface area (Å²) in [6, 6.07) is 10.2. The second-order valence-electron chi connectivity index (χ2n) is 3.99. The van der Waals surface area contributed by atoms with Crippen molar-refractivity contribution in [1.82, 2.24) is 0 Å². The molecule has 1 atom stereocenters. The largest absolute Gasteiger partial charge is 0.478 e. The molecule has 2 rings (SSSR count). The maximum Gasteiger partial charge on any atom is 0.331 e. The summed E-state index contributed by atoms with van der Waals surface area (Å²) in [6.07, 6.45) is 4.55. The van der Waals surface area contributed by atoms with Gasteiger partial charge in [-0.15, -0.1) is 0 Å². The Kier molecular flexibility index (Phi) is 2.86. The molecule has 0 aliphatic heterocycles. The van der Waals surface area contributed by atoms with Gasteiger partial charge in [-0.25, -0.2) is 4.79 Å². The Balaban J connectivity index is 2.01. The van der Waals surface area contributed by atoms with Crippen LogP contribution in [0.5, 0.6) is 0 Å². The molecule has 1 N–H and O–H groups in total. The summed E-state index contributed by atoms with van der Waals surface area (Å²) >= 11 is 0. The van der Waals surface area contributed by atoms with Crippen LogP contribution >= 0.6 is 0 Å². The summed E-state index contributed by atoms with van der Waals surface area (Å²) in [5, 5.41) is 8.83. The van der Waals surface area contributed by atoms with Gasteiger partial charge in [0.25, 0.3) is 0 Å². The topological polar surface area (TPSA) is 37.3 Å². The van der Waals surface area contributed by atoms with E-state index in [1.54, 1.807) is 0 Å². The Hall–Kier alpha value is -1.57. The quantitative estimate of drug-likeness (QED) is 0.818. The number of aliphatic carboxylic acids is 1. The monoisotopic (exact) mass is 202 g/mol. The lowest BCUT2D eigenvalue weighted by atomic mass is 9.99. The molecule has 0 saturated carbocycles. The van der Waals surface area contributed by atoms with E-state index in [-0.39, 0.29) is 0 Å². The number of hydrogen-bond acceptors (Lipinski definition) is 1. The van der Waals surface area contributed by atoms with Crippen LogP contribution in [0, 0.1) is 5.92 Å². The first-order valence-electron chi connectivity index (χ1n) is 5.23. The SMILES string of the molecule is O=C(O)C1=CC(Cc2ccccc2)CC1. The third-order valence-electron chi connectivity index (χ3n) is 2.84. The minimum atomic E-state index is -0.759. The number of carboxylic acid groups (broad SMARTS) is 1. The van der Waals surface area contributed by atoms with Gasteiger partial charge in [-0.1, -0.05) is 36.4 Å². The minimum absolute atomic E-state index is 0.401. The Morgan fingerprint density at radius 2 is 2.07 bits per heavy atom. The standard InChI is InChI=1S/C13H14O2/c14-13(15)12-7-6-11(9-12)8-10-4-2-1-3-5-10/h1-5,9,11H,6-8H2,(H,14,15). The van der Waals surface area contributed by atoms with Gasteiger partial charge in [-0.05, 0) is 30.7 Å². The summed E-state index contributed by atoms with van der Waals surface area (Å²) in [5.74, 6) is -0.357. The first-order chi connectivity index (χ1) is 7.25. The highest BCUT2D eigenvalue weighted by Gasteiger charge is 2.19. The van der Waals surface area contributed by atoms with Gasteiger partial charge in [0.1, 0.15) is 0 Å². The van der Waals surface area contributed by atoms with Crippen LogP contribution in [-0.4, -0.2) is 11.1 Å². The molecule has 0 bridgehead atoms. The lowest BCUT2D eigenvalue weighted by Gasteiger charge is -2.06. The van der Waals surface area contributed by atoms with Gasteiger partial charge in [0, 0.05) is 5.57 Å². The van der Waals surface area contributed by atoms with Crippen LogP contribution in [0.25, 0.3) is 0 Å². The number of carbonyl (C=O) groups is 1. The van der Waals surface area contributed by atoms with Crippen molar-refractivity contribution in [1.29, 1.82) is 0 Å². The highest BCUT2D eigenvalue weighted by molar-refractivity contribution is 5.87. The normalized spacial score (nSPS) is 20.0. The third kappa shape index (κ3) is 2.46. The van der Waals surface area contributed by atoms with Crippen molar-refractivity contribution in [3.05, 3.63) is 47.5 Å². The molecular weight excluding hydrogens is 188 g/mol. The van der Waals surface area contributed by atoms with Crippen molar-refractivity contribution in [3.8, 4) is 0 Å². The van der Waals surface area contributed by atoms with Crippen LogP contribution in [0.4, 0.5) is 0 Å². The third-order valence-corrected chi connectivity index (χ3v) is 2.84. The smallest absolute Gasteiger partial charge is 0.331 e. The van der Waals surface area contributed by atoms with Crippen molar-refractivity contribution >= 4 is 5.97 Å². The lowest BCUT2D eigenvalue weighted by molar-refractivity contribution is -0.132. The van der Waals surface area contributed by atoms with E-state index >= 15 is 0 Å². The van der Waals surface area contributed by atoms with E-state index in [2.05, 4.69) is 12.1 Å². The van der Waals surface area contributed by atoms with Crippen molar-refractivity contribution in [3.63, 3.8) is 0 Å². The fraction of sp³-hybridized carbons (Fsp3) is 0.308. The Morgan fingerprint density at radius 1 is 1.33 bits per heavy atom. The van der Waals surface area contributed by atoms with E-state index in [9.17, 15) is 4.79 Å². The van der Waals surface area contributed by atoms with Gasteiger partial charge < -0.3 is 5.11 Å². The molecule has 2 nitrogen and oxygen atoms in total. The van der Waals surface area contributed by atoms with Crippen molar-refractivity contribution in [2.45, 2.75) is 19.3 Å². The molecule has 1 aliphatic rings. The molecule has 1 aliphatic carbocycles. The summed E-state index contributed by atoms with van der Waals surface area (Å²) in [4.78, 5) is 10.7.